The van der Waals surface area contributed by atoms with Gasteiger partial charge in [0, 0.05) is 38.2 Å². The van der Waals surface area contributed by atoms with Crippen LogP contribution in [0.25, 0.3) is 0 Å². The molecule has 3 saturated heterocycles. The molecule has 2 aromatic rings. The summed E-state index contributed by atoms with van der Waals surface area (Å²) in [5.74, 6) is -2.34. The number of benzene rings is 2. The van der Waals surface area contributed by atoms with Gasteiger partial charge in [0.25, 0.3) is 0 Å². The van der Waals surface area contributed by atoms with Gasteiger partial charge in [0.05, 0.1) is 6.10 Å². The molecule has 1 spiro atoms. The van der Waals surface area contributed by atoms with Crippen molar-refractivity contribution in [2.45, 2.75) is 128 Å². The third-order valence-electron chi connectivity index (χ3n) is 11.9. The van der Waals surface area contributed by atoms with E-state index in [0.29, 0.717) is 57.2 Å². The highest BCUT2D eigenvalue weighted by Gasteiger charge is 2.63. The molecule has 2 aromatic carbocycles. The van der Waals surface area contributed by atoms with Crippen LogP contribution >= 0.6 is 0 Å². The van der Waals surface area contributed by atoms with Gasteiger partial charge >= 0.3 is 6.03 Å². The van der Waals surface area contributed by atoms with Crippen molar-refractivity contribution < 1.29 is 38.7 Å². The van der Waals surface area contributed by atoms with Crippen LogP contribution in [0.4, 0.5) is 10.5 Å². The Morgan fingerprint density at radius 1 is 0.845 bits per heavy atom. The second-order valence-corrected chi connectivity index (χ2v) is 16.8. The number of hydrogen-bond acceptors (Lipinski definition) is 8. The maximum absolute atomic E-state index is 14.3. The van der Waals surface area contributed by atoms with Gasteiger partial charge in [-0.2, -0.15) is 0 Å². The molecule has 3 heterocycles. The van der Waals surface area contributed by atoms with Crippen LogP contribution in [-0.4, -0.2) is 123 Å². The van der Waals surface area contributed by atoms with Crippen LogP contribution in [0.3, 0.4) is 0 Å². The van der Waals surface area contributed by atoms with Crippen molar-refractivity contribution in [3.63, 3.8) is 0 Å². The van der Waals surface area contributed by atoms with Crippen LogP contribution in [0.15, 0.2) is 48.5 Å². The molecule has 8 atom stereocenters. The SMILES string of the molecule is Cc1ccc(NC(=O)N[C@@H](Cc2cccc(C)c2)C(=O)N[C@H](C(=O)N2CCC[C@H]2C(=O)N2CCCC[C@H]2C(=O)N[C@@H](C)C(=O)N2C[C@@H](C)CC23CC3=O)[C@H](C)O)cc1. The van der Waals surface area contributed by atoms with Crippen LogP contribution in [0.2, 0.25) is 0 Å². The minimum Gasteiger partial charge on any atom is -0.391 e. The number of rotatable bonds is 12. The molecule has 1 unspecified atom stereocenters. The molecule has 5 N–H and O–H groups in total. The van der Waals surface area contributed by atoms with Gasteiger partial charge in [0.2, 0.25) is 29.5 Å². The number of carbonyl (C=O) groups is 7. The first-order valence-electron chi connectivity index (χ1n) is 20.5. The number of Topliss-reactive ketones (excluding diaryl/α,β-unsaturated/α-hetero) is 1. The summed E-state index contributed by atoms with van der Waals surface area (Å²) in [6.45, 7) is 9.74. The van der Waals surface area contributed by atoms with Crippen molar-refractivity contribution in [1.29, 1.82) is 0 Å². The molecule has 3 aliphatic heterocycles. The molecule has 6 rings (SSSR count). The van der Waals surface area contributed by atoms with Gasteiger partial charge < -0.3 is 41.1 Å². The fourth-order valence-corrected chi connectivity index (χ4v) is 8.81. The fourth-order valence-electron chi connectivity index (χ4n) is 8.81. The number of aliphatic hydroxyl groups is 1. The number of carbonyl (C=O) groups excluding carboxylic acids is 7. The maximum atomic E-state index is 14.3. The van der Waals surface area contributed by atoms with Gasteiger partial charge in [-0.25, -0.2) is 4.79 Å². The first kappa shape index (κ1) is 42.3. The molecular formula is C43H57N7O8. The summed E-state index contributed by atoms with van der Waals surface area (Å²) in [5.41, 5.74) is 2.51. The number of aryl methyl sites for hydroxylation is 2. The lowest BCUT2D eigenvalue weighted by atomic mass is 9.99. The minimum atomic E-state index is -1.44. The summed E-state index contributed by atoms with van der Waals surface area (Å²) in [5, 5.41) is 21.9. The summed E-state index contributed by atoms with van der Waals surface area (Å²) in [6.07, 6.45) is 2.23. The average molecular weight is 800 g/mol. The monoisotopic (exact) mass is 799 g/mol. The van der Waals surface area contributed by atoms with Crippen molar-refractivity contribution in [1.82, 2.24) is 30.7 Å². The predicted molar refractivity (Wildman–Crippen MR) is 215 cm³/mol. The van der Waals surface area contributed by atoms with E-state index in [1.54, 1.807) is 24.0 Å². The summed E-state index contributed by atoms with van der Waals surface area (Å²) in [6, 6.07) is 8.73. The normalized spacial score (nSPS) is 24.8. The molecule has 0 aromatic heterocycles. The number of urea groups is 1. The van der Waals surface area contributed by atoms with Crippen molar-refractivity contribution in [2.24, 2.45) is 5.92 Å². The first-order chi connectivity index (χ1) is 27.6. The highest BCUT2D eigenvalue weighted by atomic mass is 16.3. The molecule has 1 aliphatic carbocycles. The standard InChI is InChI=1S/C43H57N7O8/c1-25-14-16-31(17-15-25)45-42(58)46-32(21-30-11-8-10-26(2)20-30)37(53)47-36(29(5)51)41(57)49-19-9-13-34(49)40(56)48-18-7-6-12-33(48)38(54)44-28(4)39(55)50-24-27(3)22-43(50)23-35(43)52/h8,10-11,14-17,20,27-29,32-34,36,51H,6-7,9,12-13,18-19,21-24H2,1-5H3,(H,44,54)(H,47,53)(H2,45,46,58)/t27-,28-,29-,32-,33-,34-,36-,43?/m0/s1. The second-order valence-electron chi connectivity index (χ2n) is 16.8. The minimum absolute atomic E-state index is 0.0425. The Morgan fingerprint density at radius 2 is 1.53 bits per heavy atom. The topological polar surface area (TPSA) is 198 Å². The zero-order valence-corrected chi connectivity index (χ0v) is 34.1. The van der Waals surface area contributed by atoms with Gasteiger partial charge in [0.15, 0.2) is 5.78 Å². The van der Waals surface area contributed by atoms with Crippen LogP contribution in [0, 0.1) is 19.8 Å². The van der Waals surface area contributed by atoms with E-state index in [4.69, 9.17) is 0 Å². The highest BCUT2D eigenvalue weighted by molar-refractivity contribution is 6.09. The van der Waals surface area contributed by atoms with Crippen molar-refractivity contribution in [3.05, 3.63) is 65.2 Å². The van der Waals surface area contributed by atoms with E-state index in [2.05, 4.69) is 21.3 Å². The molecule has 312 valence electrons. The molecule has 15 nitrogen and oxygen atoms in total. The van der Waals surface area contributed by atoms with E-state index in [1.807, 2.05) is 57.2 Å². The van der Waals surface area contributed by atoms with E-state index in [1.165, 1.54) is 16.7 Å². The Balaban J connectivity index is 1.13. The lowest BCUT2D eigenvalue weighted by Crippen LogP contribution is -2.62. The zero-order chi connectivity index (χ0) is 41.9. The number of piperidine rings is 1. The Morgan fingerprint density at radius 3 is 2.21 bits per heavy atom. The van der Waals surface area contributed by atoms with Crippen LogP contribution in [0.1, 0.15) is 82.4 Å². The summed E-state index contributed by atoms with van der Waals surface area (Å²) in [7, 11) is 0. The van der Waals surface area contributed by atoms with Crippen molar-refractivity contribution in [3.8, 4) is 0 Å². The van der Waals surface area contributed by atoms with E-state index in [9.17, 15) is 38.7 Å². The molecule has 1 saturated carbocycles. The fraction of sp³-hybridized carbons (Fsp3) is 0.558. The number of hydrogen-bond donors (Lipinski definition) is 5. The Hall–Kier alpha value is -5.31. The summed E-state index contributed by atoms with van der Waals surface area (Å²) < 4.78 is 0. The number of amides is 7. The van der Waals surface area contributed by atoms with E-state index < -0.39 is 71.5 Å². The van der Waals surface area contributed by atoms with Gasteiger partial charge in [-0.05, 0) is 89.8 Å². The van der Waals surface area contributed by atoms with Gasteiger partial charge in [0.1, 0.15) is 35.7 Å². The lowest BCUT2D eigenvalue weighted by molar-refractivity contribution is -0.152. The highest BCUT2D eigenvalue weighted by Crippen LogP contribution is 2.48. The van der Waals surface area contributed by atoms with Crippen LogP contribution < -0.4 is 21.3 Å². The van der Waals surface area contributed by atoms with E-state index in [-0.39, 0.29) is 37.1 Å². The van der Waals surface area contributed by atoms with Crippen LogP contribution in [0.5, 0.6) is 0 Å². The quantitative estimate of drug-likeness (QED) is 0.216. The Labute approximate surface area is 339 Å². The van der Waals surface area contributed by atoms with Gasteiger partial charge in [-0.15, -0.1) is 0 Å². The average Bonchev–Trinajstić information content (AvgIpc) is 3.46. The first-order valence-corrected chi connectivity index (χ1v) is 20.5. The second kappa shape index (κ2) is 17.7. The summed E-state index contributed by atoms with van der Waals surface area (Å²) in [4.78, 5) is 99.7. The number of likely N-dealkylation sites (tertiary alicyclic amines) is 3. The number of nitrogens with one attached hydrogen (secondary N) is 4. The summed E-state index contributed by atoms with van der Waals surface area (Å²) >= 11 is 0. The molecule has 0 radical (unpaired) electrons. The van der Waals surface area contributed by atoms with Crippen LogP contribution in [-0.2, 0) is 35.2 Å². The smallest absolute Gasteiger partial charge is 0.319 e. The van der Waals surface area contributed by atoms with Crippen molar-refractivity contribution in [2.75, 3.05) is 25.0 Å². The number of aliphatic hydroxyl groups excluding tert-OH is 1. The van der Waals surface area contributed by atoms with E-state index in [0.717, 1.165) is 16.7 Å². The van der Waals surface area contributed by atoms with Gasteiger partial charge in [-0.1, -0.05) is 54.4 Å². The van der Waals surface area contributed by atoms with Crippen molar-refractivity contribution >= 4 is 47.0 Å². The molecule has 4 aliphatic rings. The third-order valence-corrected chi connectivity index (χ3v) is 11.9. The third kappa shape index (κ3) is 9.35. The molecular weight excluding hydrogens is 743 g/mol. The largest absolute Gasteiger partial charge is 0.391 e. The lowest BCUT2D eigenvalue weighted by Gasteiger charge is -2.39. The maximum Gasteiger partial charge on any atom is 0.319 e. The Kier molecular flexibility index (Phi) is 12.9. The van der Waals surface area contributed by atoms with Gasteiger partial charge in [-0.3, -0.25) is 28.8 Å². The Bertz CT molecular complexity index is 1920. The predicted octanol–water partition coefficient (Wildman–Crippen LogP) is 2.36. The molecule has 15 heteroatoms. The zero-order valence-electron chi connectivity index (χ0n) is 34.1. The van der Waals surface area contributed by atoms with E-state index >= 15 is 0 Å². The number of nitrogens with zero attached hydrogens (tertiary/aromatic N) is 3. The molecule has 7 amide bonds. The number of ketones is 1. The number of anilines is 1. The molecule has 58 heavy (non-hydrogen) atoms. The molecule has 0 bridgehead atoms. The molecule has 4 fully saturated rings.